The van der Waals surface area contributed by atoms with Crippen molar-refractivity contribution in [2.45, 2.75) is 270 Å². The maximum absolute atomic E-state index is 12.2. The summed E-state index contributed by atoms with van der Waals surface area (Å²) >= 11 is 0. The molecule has 0 aliphatic heterocycles. The molecule has 0 aromatic rings. The SMILES string of the molecule is CCCCC/C=C/C/C=C/CCCCCCCCCCCC(=O)OC[C@H](CO)OC(=O)CCCCCCCCCCCCCCCCCCCCCCCC. The summed E-state index contributed by atoms with van der Waals surface area (Å²) in [6.45, 7) is 4.15. The highest BCUT2D eigenvalue weighted by Gasteiger charge is 2.16. The van der Waals surface area contributed by atoms with E-state index in [1.165, 1.54) is 193 Å². The van der Waals surface area contributed by atoms with Crippen LogP contribution < -0.4 is 0 Å². The Labute approximate surface area is 343 Å². The van der Waals surface area contributed by atoms with E-state index in [-0.39, 0.29) is 25.2 Å². The molecule has 5 heteroatoms. The van der Waals surface area contributed by atoms with Gasteiger partial charge in [-0.05, 0) is 44.9 Å². The van der Waals surface area contributed by atoms with Gasteiger partial charge in [-0.1, -0.05) is 231 Å². The van der Waals surface area contributed by atoms with Crippen LogP contribution in [0.4, 0.5) is 0 Å². The van der Waals surface area contributed by atoms with Crippen molar-refractivity contribution in [1.82, 2.24) is 0 Å². The van der Waals surface area contributed by atoms with E-state index in [2.05, 4.69) is 38.2 Å². The van der Waals surface area contributed by atoms with E-state index in [4.69, 9.17) is 9.47 Å². The van der Waals surface area contributed by atoms with Gasteiger partial charge in [-0.15, -0.1) is 0 Å². The molecule has 5 nitrogen and oxygen atoms in total. The average Bonchev–Trinajstić information content (AvgIpc) is 3.19. The maximum atomic E-state index is 12.2. The van der Waals surface area contributed by atoms with Crippen LogP contribution in [0, 0.1) is 0 Å². The topological polar surface area (TPSA) is 72.8 Å². The van der Waals surface area contributed by atoms with E-state index in [1.807, 2.05) is 0 Å². The summed E-state index contributed by atoms with van der Waals surface area (Å²) in [4.78, 5) is 24.4. The van der Waals surface area contributed by atoms with Crippen LogP contribution in [0.3, 0.4) is 0 Å². The molecule has 55 heavy (non-hydrogen) atoms. The second-order valence-corrected chi connectivity index (χ2v) is 16.5. The molecule has 0 aromatic carbocycles. The Kier molecular flexibility index (Phi) is 45.4. The lowest BCUT2D eigenvalue weighted by atomic mass is 10.0. The molecule has 0 radical (unpaired) electrons. The number of esters is 2. The zero-order valence-electron chi connectivity index (χ0n) is 37.0. The molecule has 0 saturated carbocycles. The van der Waals surface area contributed by atoms with Crippen LogP contribution in [0.15, 0.2) is 24.3 Å². The van der Waals surface area contributed by atoms with Crippen LogP contribution in [-0.4, -0.2) is 36.4 Å². The van der Waals surface area contributed by atoms with Gasteiger partial charge in [-0.25, -0.2) is 0 Å². The standard InChI is InChI=1S/C50H94O5/c1-3-5-7-9-11-13-15-17-19-21-23-24-25-27-29-31-33-35-37-39-41-43-45-50(53)55-48(46-51)47-54-49(52)44-42-40-38-36-34-32-30-28-26-22-20-18-16-14-12-10-8-6-4-2/h12,14,18,20,48,51H,3-11,13,15-17,19,21-47H2,1-2H3/b14-12+,20-18+/t48-/m0/s1. The normalized spacial score (nSPS) is 12.3. The first kappa shape index (κ1) is 53.4. The summed E-state index contributed by atoms with van der Waals surface area (Å²) in [5.41, 5.74) is 0. The first-order chi connectivity index (χ1) is 27.1. The molecule has 0 spiro atoms. The summed E-state index contributed by atoms with van der Waals surface area (Å²) in [7, 11) is 0. The van der Waals surface area contributed by atoms with E-state index >= 15 is 0 Å². The number of rotatable bonds is 45. The van der Waals surface area contributed by atoms with Gasteiger partial charge < -0.3 is 14.6 Å². The molecule has 0 aliphatic carbocycles. The van der Waals surface area contributed by atoms with Crippen LogP contribution in [-0.2, 0) is 19.1 Å². The molecule has 0 fully saturated rings. The molecule has 1 N–H and O–H groups in total. The number of unbranched alkanes of at least 4 members (excludes halogenated alkanes) is 33. The van der Waals surface area contributed by atoms with E-state index in [9.17, 15) is 14.7 Å². The minimum Gasteiger partial charge on any atom is -0.462 e. The third-order valence-electron chi connectivity index (χ3n) is 11.0. The Balaban J connectivity index is 3.47. The lowest BCUT2D eigenvalue weighted by molar-refractivity contribution is -0.161. The second-order valence-electron chi connectivity index (χ2n) is 16.5. The molecule has 0 unspecified atom stereocenters. The highest BCUT2D eigenvalue weighted by atomic mass is 16.6. The molecule has 0 bridgehead atoms. The minimum absolute atomic E-state index is 0.0631. The van der Waals surface area contributed by atoms with Gasteiger partial charge in [0.15, 0.2) is 6.10 Å². The lowest BCUT2D eigenvalue weighted by Crippen LogP contribution is -2.28. The fraction of sp³-hybridized carbons (Fsp3) is 0.880. The van der Waals surface area contributed by atoms with Crippen molar-refractivity contribution in [2.75, 3.05) is 13.2 Å². The lowest BCUT2D eigenvalue weighted by Gasteiger charge is -2.15. The quantitative estimate of drug-likeness (QED) is 0.0379. The molecular weight excluding hydrogens is 681 g/mol. The van der Waals surface area contributed by atoms with E-state index in [0.29, 0.717) is 12.8 Å². The number of aliphatic hydroxyl groups is 1. The summed E-state index contributed by atoms with van der Waals surface area (Å²) in [6, 6.07) is 0. The largest absolute Gasteiger partial charge is 0.462 e. The Hall–Kier alpha value is -1.62. The Morgan fingerprint density at radius 2 is 0.727 bits per heavy atom. The van der Waals surface area contributed by atoms with Crippen molar-refractivity contribution in [3.8, 4) is 0 Å². The van der Waals surface area contributed by atoms with E-state index in [0.717, 1.165) is 44.9 Å². The number of hydrogen-bond donors (Lipinski definition) is 1. The Morgan fingerprint density at radius 1 is 0.418 bits per heavy atom. The molecule has 0 saturated heterocycles. The average molecular weight is 775 g/mol. The maximum Gasteiger partial charge on any atom is 0.306 e. The first-order valence-electron chi connectivity index (χ1n) is 24.4. The first-order valence-corrected chi connectivity index (χ1v) is 24.4. The molecule has 0 rings (SSSR count). The molecule has 0 aliphatic rings. The number of ether oxygens (including phenoxy) is 2. The van der Waals surface area contributed by atoms with E-state index in [1.54, 1.807) is 0 Å². The van der Waals surface area contributed by atoms with Crippen LogP contribution >= 0.6 is 0 Å². The third-order valence-corrected chi connectivity index (χ3v) is 11.0. The molecule has 324 valence electrons. The highest BCUT2D eigenvalue weighted by molar-refractivity contribution is 5.70. The van der Waals surface area contributed by atoms with Crippen LogP contribution in [0.2, 0.25) is 0 Å². The number of aliphatic hydroxyl groups excluding tert-OH is 1. The van der Waals surface area contributed by atoms with Gasteiger partial charge >= 0.3 is 11.9 Å². The smallest absolute Gasteiger partial charge is 0.306 e. The van der Waals surface area contributed by atoms with E-state index < -0.39 is 6.10 Å². The molecule has 0 heterocycles. The van der Waals surface area contributed by atoms with Crippen molar-refractivity contribution in [1.29, 1.82) is 0 Å². The zero-order chi connectivity index (χ0) is 40.0. The van der Waals surface area contributed by atoms with Gasteiger partial charge in [0, 0.05) is 12.8 Å². The molecule has 0 aromatic heterocycles. The van der Waals surface area contributed by atoms with Crippen LogP contribution in [0.1, 0.15) is 264 Å². The second kappa shape index (κ2) is 46.8. The number of hydrogen-bond acceptors (Lipinski definition) is 5. The summed E-state index contributed by atoms with van der Waals surface area (Å²) in [5.74, 6) is -0.581. The molecule has 0 amide bonds. The fourth-order valence-electron chi connectivity index (χ4n) is 7.29. The summed E-state index contributed by atoms with van der Waals surface area (Å²) < 4.78 is 10.7. The van der Waals surface area contributed by atoms with Crippen molar-refractivity contribution in [2.24, 2.45) is 0 Å². The number of allylic oxidation sites excluding steroid dienone is 4. The Bertz CT molecular complexity index is 836. The van der Waals surface area contributed by atoms with Gasteiger partial charge in [0.05, 0.1) is 6.61 Å². The Morgan fingerprint density at radius 3 is 1.11 bits per heavy atom. The van der Waals surface area contributed by atoms with Gasteiger partial charge in [0.1, 0.15) is 6.61 Å². The van der Waals surface area contributed by atoms with Crippen LogP contribution in [0.5, 0.6) is 0 Å². The monoisotopic (exact) mass is 775 g/mol. The van der Waals surface area contributed by atoms with Crippen molar-refractivity contribution in [3.05, 3.63) is 24.3 Å². The number of carbonyl (C=O) groups excluding carboxylic acids is 2. The minimum atomic E-state index is -0.769. The van der Waals surface area contributed by atoms with Gasteiger partial charge in [0.2, 0.25) is 0 Å². The predicted molar refractivity (Wildman–Crippen MR) is 238 cm³/mol. The van der Waals surface area contributed by atoms with Gasteiger partial charge in [0.25, 0.3) is 0 Å². The molecular formula is C50H94O5. The summed E-state index contributed by atoms with van der Waals surface area (Å²) in [6.07, 6.45) is 56.9. The fourth-order valence-corrected chi connectivity index (χ4v) is 7.29. The zero-order valence-corrected chi connectivity index (χ0v) is 37.0. The van der Waals surface area contributed by atoms with Gasteiger partial charge in [-0.3, -0.25) is 9.59 Å². The van der Waals surface area contributed by atoms with Crippen molar-refractivity contribution in [3.63, 3.8) is 0 Å². The van der Waals surface area contributed by atoms with Gasteiger partial charge in [-0.2, -0.15) is 0 Å². The van der Waals surface area contributed by atoms with Crippen molar-refractivity contribution >= 4 is 11.9 Å². The highest BCUT2D eigenvalue weighted by Crippen LogP contribution is 2.16. The predicted octanol–water partition coefficient (Wildman–Crippen LogP) is 15.8. The third kappa shape index (κ3) is 45.0. The molecule has 1 atom stereocenters. The van der Waals surface area contributed by atoms with Crippen LogP contribution in [0.25, 0.3) is 0 Å². The van der Waals surface area contributed by atoms with Crippen molar-refractivity contribution < 1.29 is 24.2 Å². The number of carbonyl (C=O) groups is 2. The summed E-state index contributed by atoms with van der Waals surface area (Å²) in [5, 5.41) is 9.61.